The Balaban J connectivity index is 2.71. The Morgan fingerprint density at radius 2 is 2.05 bits per heavy atom. The van der Waals surface area contributed by atoms with Crippen LogP contribution in [0.3, 0.4) is 0 Å². The molecular formula is C16H30N2O. The third kappa shape index (κ3) is 4.49. The van der Waals surface area contributed by atoms with Crippen molar-refractivity contribution in [3.8, 4) is 12.3 Å². The second-order valence-corrected chi connectivity index (χ2v) is 5.52. The van der Waals surface area contributed by atoms with E-state index in [0.717, 1.165) is 58.5 Å². The Kier molecular flexibility index (Phi) is 7.45. The molecule has 110 valence electrons. The van der Waals surface area contributed by atoms with Crippen molar-refractivity contribution in [2.24, 2.45) is 0 Å². The van der Waals surface area contributed by atoms with Gasteiger partial charge in [0.1, 0.15) is 0 Å². The maximum absolute atomic E-state index is 5.49. The molecule has 2 atom stereocenters. The Labute approximate surface area is 119 Å². The molecule has 3 nitrogen and oxygen atoms in total. The van der Waals surface area contributed by atoms with Gasteiger partial charge in [0.15, 0.2) is 0 Å². The number of nitrogens with zero attached hydrogens (tertiary/aromatic N) is 1. The monoisotopic (exact) mass is 266 g/mol. The van der Waals surface area contributed by atoms with Gasteiger partial charge in [-0.05, 0) is 32.7 Å². The predicted molar refractivity (Wildman–Crippen MR) is 81.2 cm³/mol. The van der Waals surface area contributed by atoms with E-state index in [9.17, 15) is 0 Å². The van der Waals surface area contributed by atoms with Crippen molar-refractivity contribution in [2.75, 3.05) is 32.8 Å². The van der Waals surface area contributed by atoms with Crippen LogP contribution in [-0.2, 0) is 4.74 Å². The molecule has 0 aromatic carbocycles. The van der Waals surface area contributed by atoms with E-state index in [1.807, 2.05) is 0 Å². The van der Waals surface area contributed by atoms with Gasteiger partial charge in [-0.15, -0.1) is 12.3 Å². The summed E-state index contributed by atoms with van der Waals surface area (Å²) in [5, 5.41) is 3.68. The number of hydrogen-bond donors (Lipinski definition) is 1. The molecule has 0 aromatic rings. The lowest BCUT2D eigenvalue weighted by molar-refractivity contribution is -0.0333. The summed E-state index contributed by atoms with van der Waals surface area (Å²) in [4.78, 5) is 2.60. The van der Waals surface area contributed by atoms with Crippen LogP contribution in [-0.4, -0.2) is 49.3 Å². The summed E-state index contributed by atoms with van der Waals surface area (Å²) >= 11 is 0. The number of terminal acetylenes is 1. The van der Waals surface area contributed by atoms with E-state index in [0.29, 0.717) is 6.04 Å². The first-order chi connectivity index (χ1) is 9.19. The molecule has 3 heteroatoms. The van der Waals surface area contributed by atoms with Gasteiger partial charge >= 0.3 is 0 Å². The van der Waals surface area contributed by atoms with Crippen LogP contribution in [0.4, 0.5) is 0 Å². The Morgan fingerprint density at radius 3 is 2.58 bits per heavy atom. The van der Waals surface area contributed by atoms with Crippen LogP contribution in [0.2, 0.25) is 0 Å². The van der Waals surface area contributed by atoms with Gasteiger partial charge in [-0.2, -0.15) is 0 Å². The molecule has 0 bridgehead atoms. The van der Waals surface area contributed by atoms with E-state index in [1.165, 1.54) is 0 Å². The number of unbranched alkanes of at least 4 members (excludes halogenated alkanes) is 1. The first-order valence-corrected chi connectivity index (χ1v) is 7.68. The summed E-state index contributed by atoms with van der Waals surface area (Å²) in [5.74, 6) is 2.75. The average Bonchev–Trinajstić information content (AvgIpc) is 2.46. The van der Waals surface area contributed by atoms with Crippen molar-refractivity contribution in [3.05, 3.63) is 0 Å². The van der Waals surface area contributed by atoms with Crippen molar-refractivity contribution >= 4 is 0 Å². The van der Waals surface area contributed by atoms with E-state index < -0.39 is 0 Å². The standard InChI is InChI=1S/C16H30N2O/c1-5-8-9-10-15(17-7-3)16(4,6-2)18-11-13-19-14-12-18/h1,15,17H,6-14H2,2-4H3. The third-order valence-electron chi connectivity index (χ3n) is 4.46. The van der Waals surface area contributed by atoms with Gasteiger partial charge in [0.05, 0.1) is 13.2 Å². The van der Waals surface area contributed by atoms with Gasteiger partial charge in [0, 0.05) is 31.1 Å². The van der Waals surface area contributed by atoms with Gasteiger partial charge in [-0.3, -0.25) is 4.90 Å². The molecule has 1 N–H and O–H groups in total. The summed E-state index contributed by atoms with van der Waals surface area (Å²) < 4.78 is 5.49. The van der Waals surface area contributed by atoms with E-state index in [4.69, 9.17) is 11.2 Å². The molecule has 1 fully saturated rings. The molecule has 1 rings (SSSR count). The summed E-state index contributed by atoms with van der Waals surface area (Å²) in [7, 11) is 0. The fourth-order valence-electron chi connectivity index (χ4n) is 3.05. The number of morpholine rings is 1. The smallest absolute Gasteiger partial charge is 0.0594 e. The molecule has 1 saturated heterocycles. The molecule has 1 aliphatic heterocycles. The molecule has 0 spiro atoms. The minimum atomic E-state index is 0.203. The number of hydrogen-bond acceptors (Lipinski definition) is 3. The zero-order valence-electron chi connectivity index (χ0n) is 12.9. The lowest BCUT2D eigenvalue weighted by Crippen LogP contribution is -2.61. The summed E-state index contributed by atoms with van der Waals surface area (Å²) in [6.45, 7) is 11.7. The summed E-state index contributed by atoms with van der Waals surface area (Å²) in [5.41, 5.74) is 0.203. The van der Waals surface area contributed by atoms with Crippen LogP contribution < -0.4 is 5.32 Å². The highest BCUT2D eigenvalue weighted by Gasteiger charge is 2.37. The van der Waals surface area contributed by atoms with Crippen LogP contribution in [0.1, 0.15) is 46.5 Å². The van der Waals surface area contributed by atoms with Crippen molar-refractivity contribution < 1.29 is 4.74 Å². The molecule has 0 saturated carbocycles. The van der Waals surface area contributed by atoms with Gasteiger partial charge in [0.25, 0.3) is 0 Å². The van der Waals surface area contributed by atoms with Gasteiger partial charge in [-0.25, -0.2) is 0 Å². The van der Waals surface area contributed by atoms with Crippen LogP contribution in [0.15, 0.2) is 0 Å². The highest BCUT2D eigenvalue weighted by molar-refractivity contribution is 4.97. The van der Waals surface area contributed by atoms with E-state index in [-0.39, 0.29) is 5.54 Å². The lowest BCUT2D eigenvalue weighted by atomic mass is 9.83. The largest absolute Gasteiger partial charge is 0.379 e. The summed E-state index contributed by atoms with van der Waals surface area (Å²) in [6.07, 6.45) is 9.67. The lowest BCUT2D eigenvalue weighted by Gasteiger charge is -2.48. The maximum Gasteiger partial charge on any atom is 0.0594 e. The molecule has 0 aliphatic carbocycles. The molecular weight excluding hydrogens is 236 g/mol. The normalized spacial score (nSPS) is 21.6. The number of likely N-dealkylation sites (N-methyl/N-ethyl adjacent to an activating group) is 1. The Bertz CT molecular complexity index is 281. The minimum Gasteiger partial charge on any atom is -0.379 e. The summed E-state index contributed by atoms with van der Waals surface area (Å²) in [6, 6.07) is 0.508. The molecule has 0 aromatic heterocycles. The van der Waals surface area contributed by atoms with E-state index in [1.54, 1.807) is 0 Å². The second kappa shape index (κ2) is 8.58. The van der Waals surface area contributed by atoms with Gasteiger partial charge in [-0.1, -0.05) is 13.8 Å². The second-order valence-electron chi connectivity index (χ2n) is 5.52. The van der Waals surface area contributed by atoms with Crippen molar-refractivity contribution in [3.63, 3.8) is 0 Å². The SMILES string of the molecule is C#CCCCC(NCC)C(C)(CC)N1CCOCC1. The zero-order chi connectivity index (χ0) is 14.1. The van der Waals surface area contributed by atoms with Crippen LogP contribution in [0.5, 0.6) is 0 Å². The van der Waals surface area contributed by atoms with Crippen molar-refractivity contribution in [1.82, 2.24) is 10.2 Å². The fraction of sp³-hybridized carbons (Fsp3) is 0.875. The van der Waals surface area contributed by atoms with Crippen LogP contribution in [0.25, 0.3) is 0 Å². The number of rotatable bonds is 8. The molecule has 1 aliphatic rings. The van der Waals surface area contributed by atoms with Gasteiger partial charge in [0.2, 0.25) is 0 Å². The van der Waals surface area contributed by atoms with Crippen molar-refractivity contribution in [2.45, 2.75) is 58.0 Å². The van der Waals surface area contributed by atoms with Crippen molar-refractivity contribution in [1.29, 1.82) is 0 Å². The van der Waals surface area contributed by atoms with E-state index >= 15 is 0 Å². The third-order valence-corrected chi connectivity index (χ3v) is 4.46. The van der Waals surface area contributed by atoms with Crippen LogP contribution >= 0.6 is 0 Å². The van der Waals surface area contributed by atoms with E-state index in [2.05, 4.69) is 36.9 Å². The molecule has 0 radical (unpaired) electrons. The number of ether oxygens (including phenoxy) is 1. The van der Waals surface area contributed by atoms with Crippen LogP contribution in [0, 0.1) is 12.3 Å². The first kappa shape index (κ1) is 16.5. The quantitative estimate of drug-likeness (QED) is 0.539. The average molecular weight is 266 g/mol. The highest BCUT2D eigenvalue weighted by atomic mass is 16.5. The zero-order valence-corrected chi connectivity index (χ0v) is 12.9. The minimum absolute atomic E-state index is 0.203. The fourth-order valence-corrected chi connectivity index (χ4v) is 3.05. The predicted octanol–water partition coefficient (Wildman–Crippen LogP) is 2.27. The molecule has 0 amide bonds. The highest BCUT2D eigenvalue weighted by Crippen LogP contribution is 2.27. The number of nitrogens with one attached hydrogen (secondary N) is 1. The molecule has 2 unspecified atom stereocenters. The topological polar surface area (TPSA) is 24.5 Å². The maximum atomic E-state index is 5.49. The molecule has 1 heterocycles. The Morgan fingerprint density at radius 1 is 1.37 bits per heavy atom. The Hall–Kier alpha value is -0.560. The first-order valence-electron chi connectivity index (χ1n) is 7.68. The van der Waals surface area contributed by atoms with Gasteiger partial charge < -0.3 is 10.1 Å². The molecule has 19 heavy (non-hydrogen) atoms.